The molecule has 0 bridgehead atoms. The van der Waals surface area contributed by atoms with Crippen molar-refractivity contribution >= 4 is 55.6 Å². The van der Waals surface area contributed by atoms with Crippen molar-refractivity contribution in [1.29, 1.82) is 0 Å². The summed E-state index contributed by atoms with van der Waals surface area (Å²) in [6.45, 7) is -0.865. The number of anilines is 1. The molecular weight excluding hydrogens is 442 g/mol. The summed E-state index contributed by atoms with van der Waals surface area (Å²) >= 11 is 3.31. The maximum absolute atomic E-state index is 12.6. The van der Waals surface area contributed by atoms with Gasteiger partial charge in [0.2, 0.25) is 5.58 Å². The second-order valence-electron chi connectivity index (χ2n) is 6.14. The van der Waals surface area contributed by atoms with Gasteiger partial charge >= 0.3 is 5.97 Å². The van der Waals surface area contributed by atoms with E-state index in [0.717, 1.165) is 9.95 Å². The summed E-state index contributed by atoms with van der Waals surface area (Å²) in [6.07, 6.45) is 1.26. The minimum Gasteiger partial charge on any atom is -0.454 e. The summed E-state index contributed by atoms with van der Waals surface area (Å²) in [5.74, 6) is -1.24. The number of carbonyl (C=O) groups excluding carboxylic acids is 2. The van der Waals surface area contributed by atoms with Crippen molar-refractivity contribution in [2.75, 3.05) is 11.9 Å². The lowest BCUT2D eigenvalue weighted by molar-refractivity contribution is -0.147. The third kappa shape index (κ3) is 3.90. The van der Waals surface area contributed by atoms with Crippen LogP contribution in [0.25, 0.3) is 22.1 Å². The number of esters is 1. The molecule has 8 nitrogen and oxygen atoms in total. The summed E-state index contributed by atoms with van der Waals surface area (Å²) in [5.41, 5.74) is 1.09. The van der Waals surface area contributed by atoms with Crippen molar-refractivity contribution in [2.24, 2.45) is 0 Å². The Balaban J connectivity index is 1.43. The Bertz CT molecular complexity index is 1290. The summed E-state index contributed by atoms with van der Waals surface area (Å²) in [5, 5.41) is 3.34. The quantitative estimate of drug-likeness (QED) is 0.463. The minimum atomic E-state index is -0.744. The monoisotopic (exact) mass is 455 g/mol. The van der Waals surface area contributed by atoms with E-state index >= 15 is 0 Å². The van der Waals surface area contributed by atoms with Gasteiger partial charge in [0.05, 0.1) is 12.0 Å². The number of aromatic nitrogens is 2. The third-order valence-electron chi connectivity index (χ3n) is 4.16. The molecular formula is C20H14BrN3O5. The number of hydrogen-bond donors (Lipinski definition) is 1. The molecule has 9 heteroatoms. The Morgan fingerprint density at radius 2 is 1.90 bits per heavy atom. The summed E-state index contributed by atoms with van der Waals surface area (Å²) in [6, 6.07) is 14.2. The van der Waals surface area contributed by atoms with Crippen molar-refractivity contribution in [2.45, 2.75) is 6.54 Å². The molecule has 0 aliphatic carbocycles. The second kappa shape index (κ2) is 7.88. The molecule has 4 aromatic rings. The van der Waals surface area contributed by atoms with Crippen LogP contribution in [-0.4, -0.2) is 28.0 Å². The maximum atomic E-state index is 12.6. The summed E-state index contributed by atoms with van der Waals surface area (Å²) in [4.78, 5) is 40.8. The fourth-order valence-corrected chi connectivity index (χ4v) is 3.19. The Kier molecular flexibility index (Phi) is 5.13. The second-order valence-corrected chi connectivity index (χ2v) is 7.00. The Morgan fingerprint density at radius 1 is 1.14 bits per heavy atom. The van der Waals surface area contributed by atoms with Crippen molar-refractivity contribution < 1.29 is 18.7 Å². The number of halogens is 1. The molecule has 0 saturated heterocycles. The first-order valence-corrected chi connectivity index (χ1v) is 9.39. The molecule has 2 aromatic heterocycles. The number of nitrogens with one attached hydrogen (secondary N) is 1. The lowest BCUT2D eigenvalue weighted by atomic mass is 10.2. The van der Waals surface area contributed by atoms with Gasteiger partial charge in [-0.05, 0) is 40.2 Å². The molecule has 0 spiro atoms. The number of para-hydroxylation sites is 2. The Morgan fingerprint density at radius 3 is 2.72 bits per heavy atom. The van der Waals surface area contributed by atoms with E-state index in [0.29, 0.717) is 21.3 Å². The van der Waals surface area contributed by atoms with Crippen LogP contribution < -0.4 is 10.9 Å². The molecule has 2 aromatic carbocycles. The normalized spacial score (nSPS) is 10.9. The number of benzene rings is 2. The lowest BCUT2D eigenvalue weighted by Gasteiger charge is -2.08. The first-order valence-electron chi connectivity index (χ1n) is 8.59. The van der Waals surface area contributed by atoms with Crippen LogP contribution in [0.2, 0.25) is 0 Å². The lowest BCUT2D eigenvalue weighted by Crippen LogP contribution is -2.27. The molecule has 0 saturated carbocycles. The highest BCUT2D eigenvalue weighted by Gasteiger charge is 2.16. The molecule has 2 heterocycles. The number of carbonyl (C=O) groups is 2. The molecule has 0 aliphatic rings. The van der Waals surface area contributed by atoms with Crippen LogP contribution in [0.3, 0.4) is 0 Å². The van der Waals surface area contributed by atoms with Crippen LogP contribution in [0.4, 0.5) is 5.69 Å². The first-order chi connectivity index (χ1) is 14.0. The van der Waals surface area contributed by atoms with Crippen LogP contribution in [0.15, 0.2) is 68.5 Å². The van der Waals surface area contributed by atoms with Crippen molar-refractivity contribution in [3.8, 4) is 0 Å². The van der Waals surface area contributed by atoms with E-state index in [-0.39, 0.29) is 12.1 Å². The highest BCUT2D eigenvalue weighted by atomic mass is 79.9. The van der Waals surface area contributed by atoms with Gasteiger partial charge in [-0.1, -0.05) is 24.3 Å². The van der Waals surface area contributed by atoms with E-state index in [1.807, 2.05) is 12.1 Å². The van der Waals surface area contributed by atoms with Crippen LogP contribution in [0, 0.1) is 0 Å². The molecule has 0 fully saturated rings. The van der Waals surface area contributed by atoms with E-state index in [1.165, 1.54) is 6.33 Å². The zero-order valence-electron chi connectivity index (χ0n) is 14.9. The van der Waals surface area contributed by atoms with Gasteiger partial charge in [-0.25, -0.2) is 4.98 Å². The SMILES string of the molecule is O=C(COC(=O)Cn1cnc2c(oc3ccccc32)c1=O)Nc1ccccc1Br. The third-order valence-corrected chi connectivity index (χ3v) is 4.85. The van der Waals surface area contributed by atoms with Gasteiger partial charge in [0.25, 0.3) is 11.5 Å². The van der Waals surface area contributed by atoms with Crippen molar-refractivity contribution in [1.82, 2.24) is 9.55 Å². The fourth-order valence-electron chi connectivity index (χ4n) is 2.81. The first kappa shape index (κ1) is 18.9. The molecule has 1 amide bonds. The van der Waals surface area contributed by atoms with E-state index in [2.05, 4.69) is 26.2 Å². The smallest absolute Gasteiger partial charge is 0.326 e. The van der Waals surface area contributed by atoms with Gasteiger partial charge in [-0.2, -0.15) is 0 Å². The molecule has 0 aliphatic heterocycles. The van der Waals surface area contributed by atoms with Crippen LogP contribution in [0.5, 0.6) is 0 Å². The number of furan rings is 1. The molecule has 1 N–H and O–H groups in total. The van der Waals surface area contributed by atoms with Gasteiger partial charge in [0.1, 0.15) is 17.6 Å². The highest BCUT2D eigenvalue weighted by Crippen LogP contribution is 2.24. The molecule has 4 rings (SSSR count). The van der Waals surface area contributed by atoms with Gasteiger partial charge in [0.15, 0.2) is 6.61 Å². The average molecular weight is 456 g/mol. The molecule has 0 radical (unpaired) electrons. The van der Waals surface area contributed by atoms with E-state index in [4.69, 9.17) is 9.15 Å². The number of amides is 1. The van der Waals surface area contributed by atoms with Gasteiger partial charge in [-0.3, -0.25) is 19.0 Å². The zero-order chi connectivity index (χ0) is 20.4. The maximum Gasteiger partial charge on any atom is 0.326 e. The number of rotatable bonds is 5. The summed E-state index contributed by atoms with van der Waals surface area (Å²) < 4.78 is 12.3. The van der Waals surface area contributed by atoms with Gasteiger partial charge < -0.3 is 14.5 Å². The zero-order valence-corrected chi connectivity index (χ0v) is 16.5. The topological polar surface area (TPSA) is 103 Å². The van der Waals surface area contributed by atoms with Gasteiger partial charge in [-0.15, -0.1) is 0 Å². The van der Waals surface area contributed by atoms with Crippen LogP contribution >= 0.6 is 15.9 Å². The number of hydrogen-bond acceptors (Lipinski definition) is 6. The standard InChI is InChI=1S/C20H14BrN3O5/c21-13-6-2-3-7-14(13)23-16(25)10-28-17(26)9-24-11-22-18-12-5-1-4-8-15(12)29-19(18)20(24)27/h1-8,11H,9-10H2,(H,23,25). The Labute approximate surface area is 172 Å². The molecule has 0 atom stereocenters. The predicted octanol–water partition coefficient (Wildman–Crippen LogP) is 3.09. The average Bonchev–Trinajstić information content (AvgIpc) is 3.10. The number of ether oxygens (including phenoxy) is 1. The van der Waals surface area contributed by atoms with E-state index in [1.54, 1.807) is 36.4 Å². The van der Waals surface area contributed by atoms with Crippen molar-refractivity contribution in [3.05, 3.63) is 69.7 Å². The summed E-state index contributed by atoms with van der Waals surface area (Å²) in [7, 11) is 0. The van der Waals surface area contributed by atoms with Crippen molar-refractivity contribution in [3.63, 3.8) is 0 Å². The molecule has 29 heavy (non-hydrogen) atoms. The van der Waals surface area contributed by atoms with Crippen LogP contribution in [-0.2, 0) is 20.9 Å². The largest absolute Gasteiger partial charge is 0.454 e. The number of nitrogens with zero attached hydrogens (tertiary/aromatic N) is 2. The highest BCUT2D eigenvalue weighted by molar-refractivity contribution is 9.10. The van der Waals surface area contributed by atoms with Crippen LogP contribution in [0.1, 0.15) is 0 Å². The van der Waals surface area contributed by atoms with Gasteiger partial charge in [0, 0.05) is 9.86 Å². The molecule has 0 unspecified atom stereocenters. The predicted molar refractivity (Wildman–Crippen MR) is 110 cm³/mol. The molecule has 146 valence electrons. The Hall–Kier alpha value is -3.46. The fraction of sp³-hybridized carbons (Fsp3) is 0.100. The minimum absolute atomic E-state index is 0.0631. The van der Waals surface area contributed by atoms with E-state index < -0.39 is 24.0 Å². The number of fused-ring (bicyclic) bond motifs is 3. The van der Waals surface area contributed by atoms with E-state index in [9.17, 15) is 14.4 Å².